The summed E-state index contributed by atoms with van der Waals surface area (Å²) in [4.78, 5) is 9.94. The number of carbonyl (C=O) groups excluding carboxylic acids is 1. The predicted octanol–water partition coefficient (Wildman–Crippen LogP) is 1.20. The second-order valence-electron chi connectivity index (χ2n) is 1.62. The maximum atomic E-state index is 12.1. The lowest BCUT2D eigenvalue weighted by Crippen LogP contribution is -2.35. The minimum Gasteiger partial charge on any atom is -0.265 e. The number of nitrogens with one attached hydrogen (secondary N) is 1. The van der Waals surface area contributed by atoms with Gasteiger partial charge in [0.2, 0.25) is 0 Å². The molecule has 0 heterocycles. The van der Waals surface area contributed by atoms with Crippen molar-refractivity contribution in [3.63, 3.8) is 0 Å². The van der Waals surface area contributed by atoms with Gasteiger partial charge in [0.1, 0.15) is 0 Å². The highest BCUT2D eigenvalue weighted by molar-refractivity contribution is 5.82. The van der Waals surface area contributed by atoms with E-state index in [1.807, 2.05) is 0 Å². The first-order chi connectivity index (χ1) is 4.54. The molecule has 1 amide bonds. The second-order valence-corrected chi connectivity index (χ2v) is 1.62. The van der Waals surface area contributed by atoms with E-state index in [4.69, 9.17) is 0 Å². The van der Waals surface area contributed by atoms with E-state index in [0.29, 0.717) is 5.54 Å². The van der Waals surface area contributed by atoms with Gasteiger partial charge in [-0.25, -0.2) is 0 Å². The molecule has 0 aliphatic heterocycles. The number of rotatable bonds is 3. The first kappa shape index (κ1) is 9.00. The highest BCUT2D eigenvalue weighted by atomic mass is 19.3. The lowest BCUT2D eigenvalue weighted by molar-refractivity contribution is -0.149. The molecule has 0 radical (unpaired) electrons. The molecular formula is C5H6F3NO. The Kier molecular flexibility index (Phi) is 2.92. The molecule has 1 N–H and O–H groups in total. The molecular weight excluding hydrogens is 147 g/mol. The predicted molar refractivity (Wildman–Crippen MR) is 29.0 cm³/mol. The van der Waals surface area contributed by atoms with E-state index in [1.165, 1.54) is 0 Å². The largest absolute Gasteiger partial charge is 0.330 e. The number of hydrogen-bond donors (Lipinski definition) is 1. The molecule has 0 aromatic rings. The van der Waals surface area contributed by atoms with Gasteiger partial charge in [0.15, 0.2) is 0 Å². The fourth-order valence-electron chi connectivity index (χ4n) is 0.343. The van der Waals surface area contributed by atoms with E-state index in [1.54, 1.807) is 0 Å². The standard InChI is InChI=1S/C5H6F3NO/c1-2-3-5(6,7)4(10)9-8/h2H,1,3H2,(H,9,10). The molecule has 10 heavy (non-hydrogen) atoms. The van der Waals surface area contributed by atoms with Gasteiger partial charge in [-0.15, -0.1) is 11.1 Å². The molecule has 58 valence electrons. The van der Waals surface area contributed by atoms with Crippen molar-refractivity contribution in [3.05, 3.63) is 12.7 Å². The Labute approximate surface area is 55.7 Å². The van der Waals surface area contributed by atoms with E-state index in [-0.39, 0.29) is 0 Å². The summed E-state index contributed by atoms with van der Waals surface area (Å²) in [6.45, 7) is 2.98. The van der Waals surface area contributed by atoms with E-state index < -0.39 is 18.3 Å². The van der Waals surface area contributed by atoms with Crippen LogP contribution in [-0.4, -0.2) is 11.8 Å². The highest BCUT2D eigenvalue weighted by Gasteiger charge is 2.37. The topological polar surface area (TPSA) is 29.1 Å². The molecule has 0 rings (SSSR count). The summed E-state index contributed by atoms with van der Waals surface area (Å²) < 4.78 is 35.3. The maximum absolute atomic E-state index is 12.1. The van der Waals surface area contributed by atoms with Crippen molar-refractivity contribution in [1.82, 2.24) is 5.54 Å². The number of hydrogen-bond acceptors (Lipinski definition) is 1. The van der Waals surface area contributed by atoms with Gasteiger partial charge in [0.05, 0.1) is 0 Å². The molecule has 2 nitrogen and oxygen atoms in total. The number of alkyl halides is 2. The molecule has 0 atom stereocenters. The molecule has 0 aromatic heterocycles. The summed E-state index contributed by atoms with van der Waals surface area (Å²) in [5.74, 6) is -5.62. The first-order valence-electron chi connectivity index (χ1n) is 2.44. The number of carbonyl (C=O) groups is 1. The summed E-state index contributed by atoms with van der Waals surface area (Å²) in [7, 11) is 0. The summed E-state index contributed by atoms with van der Waals surface area (Å²) in [5, 5.41) is 0. The van der Waals surface area contributed by atoms with Gasteiger partial charge in [-0.05, 0) is 0 Å². The van der Waals surface area contributed by atoms with Gasteiger partial charge in [0.25, 0.3) is 0 Å². The smallest absolute Gasteiger partial charge is 0.265 e. The van der Waals surface area contributed by atoms with Crippen molar-refractivity contribution in [2.24, 2.45) is 0 Å². The van der Waals surface area contributed by atoms with E-state index in [2.05, 4.69) is 6.58 Å². The lowest BCUT2D eigenvalue weighted by Gasteiger charge is -2.08. The molecule has 0 aliphatic carbocycles. The molecule has 5 heteroatoms. The minimum atomic E-state index is -3.68. The van der Waals surface area contributed by atoms with Crippen LogP contribution in [0.5, 0.6) is 0 Å². The SMILES string of the molecule is C=CCC(F)(F)C(=O)NF. The summed E-state index contributed by atoms with van der Waals surface area (Å²) >= 11 is 0. The van der Waals surface area contributed by atoms with Crippen molar-refractivity contribution >= 4 is 5.91 Å². The molecule has 0 spiro atoms. The van der Waals surface area contributed by atoms with E-state index in [0.717, 1.165) is 6.08 Å². The molecule has 0 bridgehead atoms. The van der Waals surface area contributed by atoms with Gasteiger partial charge in [0, 0.05) is 6.42 Å². The molecule has 0 saturated heterocycles. The quantitative estimate of drug-likeness (QED) is 0.479. The second kappa shape index (κ2) is 3.24. The average molecular weight is 153 g/mol. The van der Waals surface area contributed by atoms with Crippen molar-refractivity contribution in [3.8, 4) is 0 Å². The monoisotopic (exact) mass is 153 g/mol. The van der Waals surface area contributed by atoms with Crippen molar-refractivity contribution in [1.29, 1.82) is 0 Å². The van der Waals surface area contributed by atoms with E-state index in [9.17, 15) is 18.1 Å². The molecule has 0 unspecified atom stereocenters. The average Bonchev–Trinajstić information content (AvgIpc) is 1.86. The van der Waals surface area contributed by atoms with Crippen molar-refractivity contribution in [2.45, 2.75) is 12.3 Å². The van der Waals surface area contributed by atoms with Gasteiger partial charge in [-0.1, -0.05) is 6.08 Å². The zero-order valence-electron chi connectivity index (χ0n) is 5.03. The summed E-state index contributed by atoms with van der Waals surface area (Å²) in [6, 6.07) is 0. The minimum absolute atomic E-state index is 0.353. The van der Waals surface area contributed by atoms with Crippen molar-refractivity contribution in [2.75, 3.05) is 0 Å². The summed E-state index contributed by atoms with van der Waals surface area (Å²) in [5.41, 5.74) is 0.353. The van der Waals surface area contributed by atoms with Crippen LogP contribution in [0.2, 0.25) is 0 Å². The third-order valence-corrected chi connectivity index (χ3v) is 0.819. The number of allylic oxidation sites excluding steroid dienone is 1. The summed E-state index contributed by atoms with van der Waals surface area (Å²) in [6.07, 6.45) is -0.0159. The van der Waals surface area contributed by atoms with Gasteiger partial charge in [-0.2, -0.15) is 14.3 Å². The Morgan fingerprint density at radius 2 is 2.20 bits per heavy atom. The van der Waals surface area contributed by atoms with E-state index >= 15 is 0 Å². The Bertz CT molecular complexity index is 146. The van der Waals surface area contributed by atoms with Crippen LogP contribution in [0.4, 0.5) is 13.3 Å². The zero-order chi connectivity index (χ0) is 8.20. The maximum Gasteiger partial charge on any atom is 0.330 e. The van der Waals surface area contributed by atoms with Crippen LogP contribution in [0.25, 0.3) is 0 Å². The normalized spacial score (nSPS) is 10.7. The Balaban J connectivity index is 4.08. The van der Waals surface area contributed by atoms with Crippen LogP contribution in [0.1, 0.15) is 6.42 Å². The van der Waals surface area contributed by atoms with Crippen LogP contribution < -0.4 is 5.54 Å². The van der Waals surface area contributed by atoms with Gasteiger partial charge in [-0.3, -0.25) is 4.79 Å². The third-order valence-electron chi connectivity index (χ3n) is 0.819. The van der Waals surface area contributed by atoms with Crippen LogP contribution in [0.3, 0.4) is 0 Å². The molecule has 0 aliphatic rings. The zero-order valence-corrected chi connectivity index (χ0v) is 5.03. The van der Waals surface area contributed by atoms with Gasteiger partial charge < -0.3 is 0 Å². The first-order valence-corrected chi connectivity index (χ1v) is 2.44. The van der Waals surface area contributed by atoms with Crippen LogP contribution in [0.15, 0.2) is 12.7 Å². The number of halogens is 3. The fourth-order valence-corrected chi connectivity index (χ4v) is 0.343. The lowest BCUT2D eigenvalue weighted by atomic mass is 10.2. The molecule has 0 saturated carbocycles. The van der Waals surface area contributed by atoms with Crippen LogP contribution in [0, 0.1) is 0 Å². The fraction of sp³-hybridized carbons (Fsp3) is 0.400. The van der Waals surface area contributed by atoms with Gasteiger partial charge >= 0.3 is 11.8 Å². The Morgan fingerprint density at radius 3 is 2.50 bits per heavy atom. The Morgan fingerprint density at radius 1 is 1.70 bits per heavy atom. The molecule has 0 aromatic carbocycles. The number of amides is 1. The van der Waals surface area contributed by atoms with Crippen LogP contribution in [-0.2, 0) is 4.79 Å². The third kappa shape index (κ3) is 2.08. The molecule has 0 fully saturated rings. The Hall–Kier alpha value is -1.00. The van der Waals surface area contributed by atoms with Crippen molar-refractivity contribution < 1.29 is 18.1 Å². The van der Waals surface area contributed by atoms with Crippen LogP contribution >= 0.6 is 0 Å². The highest BCUT2D eigenvalue weighted by Crippen LogP contribution is 2.18.